The molecule has 0 aromatic heterocycles. The van der Waals surface area contributed by atoms with Crippen LogP contribution < -0.4 is 5.32 Å². The first-order valence-corrected chi connectivity index (χ1v) is 5.62. The van der Waals surface area contributed by atoms with Gasteiger partial charge in [-0.15, -0.1) is 0 Å². The molecule has 80 valence electrons. The molecule has 14 heavy (non-hydrogen) atoms. The van der Waals surface area contributed by atoms with Crippen LogP contribution in [0.5, 0.6) is 0 Å². The highest BCUT2D eigenvalue weighted by Gasteiger charge is 2.19. The standard InChI is InChI=1S/C12H20ClN/c1-8-5-9(2)11(7-14-4)6-12(13)10(8)3/h5,8,11,14H,6-7H2,1-4H3. The van der Waals surface area contributed by atoms with Crippen LogP contribution in [0.15, 0.2) is 22.3 Å². The molecule has 0 heterocycles. The largest absolute Gasteiger partial charge is 0.319 e. The fourth-order valence-corrected chi connectivity index (χ4v) is 2.28. The van der Waals surface area contributed by atoms with Gasteiger partial charge in [0.2, 0.25) is 0 Å². The average Bonchev–Trinajstić information content (AvgIpc) is 2.21. The average molecular weight is 214 g/mol. The van der Waals surface area contributed by atoms with Gasteiger partial charge in [-0.25, -0.2) is 0 Å². The Balaban J connectivity index is 2.88. The Bertz CT molecular complexity index is 265. The first kappa shape index (κ1) is 11.8. The Hall–Kier alpha value is -0.270. The van der Waals surface area contributed by atoms with E-state index in [0.717, 1.165) is 18.0 Å². The quantitative estimate of drug-likeness (QED) is 0.694. The van der Waals surface area contributed by atoms with E-state index >= 15 is 0 Å². The van der Waals surface area contributed by atoms with Crippen molar-refractivity contribution in [2.75, 3.05) is 13.6 Å². The summed E-state index contributed by atoms with van der Waals surface area (Å²) >= 11 is 6.28. The molecule has 0 amide bonds. The summed E-state index contributed by atoms with van der Waals surface area (Å²) in [5, 5.41) is 4.27. The van der Waals surface area contributed by atoms with E-state index in [1.165, 1.54) is 11.1 Å². The third kappa shape index (κ3) is 2.61. The molecular weight excluding hydrogens is 194 g/mol. The number of halogens is 1. The Morgan fingerprint density at radius 3 is 2.71 bits per heavy atom. The summed E-state index contributed by atoms with van der Waals surface area (Å²) in [7, 11) is 1.99. The molecule has 0 saturated carbocycles. The molecule has 0 aromatic rings. The van der Waals surface area contributed by atoms with Gasteiger partial charge >= 0.3 is 0 Å². The lowest BCUT2D eigenvalue weighted by atomic mass is 9.96. The molecule has 1 aliphatic carbocycles. The Labute approximate surface area is 92.2 Å². The second-order valence-electron chi connectivity index (χ2n) is 4.25. The maximum absolute atomic E-state index is 6.28. The number of hydrogen-bond donors (Lipinski definition) is 1. The lowest BCUT2D eigenvalue weighted by Gasteiger charge is -2.15. The van der Waals surface area contributed by atoms with Crippen LogP contribution in [-0.4, -0.2) is 13.6 Å². The molecule has 0 radical (unpaired) electrons. The van der Waals surface area contributed by atoms with Crippen LogP contribution in [0, 0.1) is 11.8 Å². The zero-order chi connectivity index (χ0) is 10.7. The predicted octanol–water partition coefficient (Wildman–Crippen LogP) is 3.32. The summed E-state index contributed by atoms with van der Waals surface area (Å²) in [5.74, 6) is 1.05. The molecule has 0 aliphatic heterocycles. The number of nitrogens with one attached hydrogen (secondary N) is 1. The monoisotopic (exact) mass is 213 g/mol. The summed E-state index contributed by atoms with van der Waals surface area (Å²) < 4.78 is 0. The fraction of sp³-hybridized carbons (Fsp3) is 0.667. The predicted molar refractivity (Wildman–Crippen MR) is 63.5 cm³/mol. The third-order valence-corrected chi connectivity index (χ3v) is 3.60. The van der Waals surface area contributed by atoms with E-state index in [9.17, 15) is 0 Å². The Kier molecular flexibility index (Phi) is 4.21. The smallest absolute Gasteiger partial charge is 0.0182 e. The Morgan fingerprint density at radius 2 is 2.14 bits per heavy atom. The molecule has 0 saturated heterocycles. The van der Waals surface area contributed by atoms with Crippen molar-refractivity contribution in [1.82, 2.24) is 5.32 Å². The third-order valence-electron chi connectivity index (χ3n) is 3.14. The maximum atomic E-state index is 6.28. The molecule has 1 aliphatic rings. The lowest BCUT2D eigenvalue weighted by molar-refractivity contribution is 0.573. The molecule has 0 bridgehead atoms. The summed E-state index contributed by atoms with van der Waals surface area (Å²) in [6.45, 7) is 7.57. The molecule has 0 fully saturated rings. The van der Waals surface area contributed by atoms with Gasteiger partial charge in [0, 0.05) is 11.6 Å². The van der Waals surface area contributed by atoms with Crippen molar-refractivity contribution < 1.29 is 0 Å². The zero-order valence-corrected chi connectivity index (χ0v) is 10.3. The van der Waals surface area contributed by atoms with Crippen LogP contribution in [0.3, 0.4) is 0 Å². The van der Waals surface area contributed by atoms with Crippen LogP contribution in [0.4, 0.5) is 0 Å². The van der Waals surface area contributed by atoms with E-state index in [2.05, 4.69) is 32.2 Å². The van der Waals surface area contributed by atoms with Gasteiger partial charge in [-0.2, -0.15) is 0 Å². The van der Waals surface area contributed by atoms with Gasteiger partial charge in [0.05, 0.1) is 0 Å². The second kappa shape index (κ2) is 4.99. The molecule has 2 unspecified atom stereocenters. The number of allylic oxidation sites excluding steroid dienone is 3. The molecule has 1 rings (SSSR count). The maximum Gasteiger partial charge on any atom is 0.0182 e. The molecule has 1 nitrogen and oxygen atoms in total. The highest BCUT2D eigenvalue weighted by atomic mass is 35.5. The highest BCUT2D eigenvalue weighted by molar-refractivity contribution is 6.30. The van der Waals surface area contributed by atoms with Gasteiger partial charge in [-0.05, 0) is 39.2 Å². The minimum atomic E-state index is 0.490. The number of rotatable bonds is 2. The fourth-order valence-electron chi connectivity index (χ4n) is 1.92. The van der Waals surface area contributed by atoms with Crippen LogP contribution in [0.1, 0.15) is 27.2 Å². The van der Waals surface area contributed by atoms with Gasteiger partial charge in [0.1, 0.15) is 0 Å². The Morgan fingerprint density at radius 1 is 1.50 bits per heavy atom. The van der Waals surface area contributed by atoms with Crippen LogP contribution in [-0.2, 0) is 0 Å². The van der Waals surface area contributed by atoms with Crippen molar-refractivity contribution in [3.63, 3.8) is 0 Å². The van der Waals surface area contributed by atoms with E-state index < -0.39 is 0 Å². The SMILES string of the molecule is CNCC1CC(Cl)=C(C)C(C)C=C1C. The lowest BCUT2D eigenvalue weighted by Crippen LogP contribution is -2.19. The normalized spacial score (nSPS) is 28.8. The zero-order valence-electron chi connectivity index (χ0n) is 9.52. The molecule has 2 atom stereocenters. The minimum Gasteiger partial charge on any atom is -0.319 e. The van der Waals surface area contributed by atoms with E-state index in [-0.39, 0.29) is 0 Å². The van der Waals surface area contributed by atoms with E-state index in [1.807, 2.05) is 7.05 Å². The molecule has 0 aromatic carbocycles. The van der Waals surface area contributed by atoms with Gasteiger partial charge in [0.15, 0.2) is 0 Å². The first-order valence-electron chi connectivity index (χ1n) is 5.24. The molecule has 2 heteroatoms. The summed E-state index contributed by atoms with van der Waals surface area (Å²) in [5.41, 5.74) is 2.78. The van der Waals surface area contributed by atoms with Crippen LogP contribution >= 0.6 is 11.6 Å². The van der Waals surface area contributed by atoms with Crippen molar-refractivity contribution in [2.45, 2.75) is 27.2 Å². The van der Waals surface area contributed by atoms with Crippen molar-refractivity contribution in [2.24, 2.45) is 11.8 Å². The minimum absolute atomic E-state index is 0.490. The van der Waals surface area contributed by atoms with Crippen LogP contribution in [0.25, 0.3) is 0 Å². The van der Waals surface area contributed by atoms with Crippen molar-refractivity contribution >= 4 is 11.6 Å². The second-order valence-corrected chi connectivity index (χ2v) is 4.70. The van der Waals surface area contributed by atoms with E-state index in [4.69, 9.17) is 11.6 Å². The van der Waals surface area contributed by atoms with Gasteiger partial charge in [-0.3, -0.25) is 0 Å². The number of hydrogen-bond acceptors (Lipinski definition) is 1. The summed E-state index contributed by atoms with van der Waals surface area (Å²) in [4.78, 5) is 0. The summed E-state index contributed by atoms with van der Waals surface area (Å²) in [6, 6.07) is 0. The molecular formula is C12H20ClN. The van der Waals surface area contributed by atoms with Gasteiger partial charge < -0.3 is 5.32 Å². The van der Waals surface area contributed by atoms with E-state index in [1.54, 1.807) is 0 Å². The van der Waals surface area contributed by atoms with Crippen molar-refractivity contribution in [3.05, 3.63) is 22.3 Å². The molecule has 1 N–H and O–H groups in total. The van der Waals surface area contributed by atoms with Gasteiger partial charge in [-0.1, -0.05) is 35.7 Å². The first-order chi connectivity index (χ1) is 6.56. The molecule has 0 spiro atoms. The topological polar surface area (TPSA) is 12.0 Å². The van der Waals surface area contributed by atoms with Crippen LogP contribution in [0.2, 0.25) is 0 Å². The summed E-state index contributed by atoms with van der Waals surface area (Å²) in [6.07, 6.45) is 3.33. The van der Waals surface area contributed by atoms with Crippen molar-refractivity contribution in [1.29, 1.82) is 0 Å². The van der Waals surface area contributed by atoms with E-state index in [0.29, 0.717) is 11.8 Å². The van der Waals surface area contributed by atoms with Crippen molar-refractivity contribution in [3.8, 4) is 0 Å². The highest BCUT2D eigenvalue weighted by Crippen LogP contribution is 2.32. The van der Waals surface area contributed by atoms with Gasteiger partial charge in [0.25, 0.3) is 0 Å².